The average molecular weight is 346 g/mol. The summed E-state index contributed by atoms with van der Waals surface area (Å²) in [6.45, 7) is 0.438. The number of halogens is 2. The maximum atomic E-state index is 11.9. The minimum Gasteiger partial charge on any atom is -0.495 e. The Labute approximate surface area is 115 Å². The highest BCUT2D eigenvalue weighted by Gasteiger charge is 2.18. The lowest BCUT2D eigenvalue weighted by Crippen LogP contribution is -2.29. The molecule has 0 aliphatic carbocycles. The van der Waals surface area contributed by atoms with Gasteiger partial charge in [0.1, 0.15) is 10.6 Å². The molecule has 3 N–H and O–H groups in total. The van der Waals surface area contributed by atoms with Crippen molar-refractivity contribution in [3.8, 4) is 5.75 Å². The van der Waals surface area contributed by atoms with Crippen molar-refractivity contribution in [2.24, 2.45) is 5.73 Å². The highest BCUT2D eigenvalue weighted by Crippen LogP contribution is 2.26. The summed E-state index contributed by atoms with van der Waals surface area (Å²) < 4.78 is 31.7. The van der Waals surface area contributed by atoms with E-state index in [2.05, 4.69) is 20.7 Å². The lowest BCUT2D eigenvalue weighted by Gasteiger charge is -2.10. The van der Waals surface area contributed by atoms with Crippen LogP contribution in [0.1, 0.15) is 0 Å². The van der Waals surface area contributed by atoms with Gasteiger partial charge in [0.15, 0.2) is 0 Å². The number of nitrogens with one attached hydrogen (secondary N) is 1. The summed E-state index contributed by atoms with van der Waals surface area (Å²) in [5.74, 6) is 0.299. The van der Waals surface area contributed by atoms with E-state index in [0.717, 1.165) is 0 Å². The number of ether oxygens (including phenoxy) is 1. The van der Waals surface area contributed by atoms with Gasteiger partial charge in [-0.2, -0.15) is 0 Å². The lowest BCUT2D eigenvalue weighted by molar-refractivity contribution is 0.402. The van der Waals surface area contributed by atoms with Crippen LogP contribution in [0.25, 0.3) is 0 Å². The minimum atomic E-state index is -3.57. The van der Waals surface area contributed by atoms with Crippen molar-refractivity contribution in [1.82, 2.24) is 4.72 Å². The number of benzene rings is 1. The van der Waals surface area contributed by atoms with Gasteiger partial charge in [-0.05, 0) is 18.2 Å². The van der Waals surface area contributed by atoms with Gasteiger partial charge in [-0.1, -0.05) is 15.9 Å². The van der Waals surface area contributed by atoms with Gasteiger partial charge in [0.05, 0.1) is 7.11 Å². The van der Waals surface area contributed by atoms with Crippen molar-refractivity contribution in [2.45, 2.75) is 4.90 Å². The number of nitrogens with two attached hydrogens (primary N) is 1. The van der Waals surface area contributed by atoms with Crippen LogP contribution in [0.15, 0.2) is 27.6 Å². The van der Waals surface area contributed by atoms with Crippen LogP contribution in [0.2, 0.25) is 0 Å². The van der Waals surface area contributed by atoms with Crippen LogP contribution in [0.5, 0.6) is 5.75 Å². The van der Waals surface area contributed by atoms with Gasteiger partial charge in [0.2, 0.25) is 10.0 Å². The monoisotopic (exact) mass is 344 g/mol. The van der Waals surface area contributed by atoms with Gasteiger partial charge in [-0.3, -0.25) is 0 Å². The molecule has 0 fully saturated rings. The number of rotatable bonds is 5. The Balaban J connectivity index is 0.00000256. The third-order valence-corrected chi connectivity index (χ3v) is 3.83. The smallest absolute Gasteiger partial charge is 0.244 e. The standard InChI is InChI=1S/C9H13BrN2O3S.ClH/c1-15-8-3-2-7(10)6-9(8)16(13,14)12-5-4-11;/h2-3,6,12H,4-5,11H2,1H3;1H. The van der Waals surface area contributed by atoms with E-state index in [1.807, 2.05) is 0 Å². The zero-order valence-corrected chi connectivity index (χ0v) is 12.4. The number of sulfonamides is 1. The first kappa shape index (κ1) is 16.7. The molecule has 0 saturated carbocycles. The Morgan fingerprint density at radius 1 is 1.47 bits per heavy atom. The summed E-state index contributed by atoms with van der Waals surface area (Å²) in [6, 6.07) is 4.78. The fourth-order valence-electron chi connectivity index (χ4n) is 1.13. The van der Waals surface area contributed by atoms with Crippen LogP contribution in [-0.2, 0) is 10.0 Å². The van der Waals surface area contributed by atoms with Gasteiger partial charge < -0.3 is 10.5 Å². The van der Waals surface area contributed by atoms with E-state index in [9.17, 15) is 8.42 Å². The lowest BCUT2D eigenvalue weighted by atomic mass is 10.3. The van der Waals surface area contributed by atoms with E-state index in [0.29, 0.717) is 10.2 Å². The molecule has 0 amide bonds. The van der Waals surface area contributed by atoms with Gasteiger partial charge in [0, 0.05) is 17.6 Å². The van der Waals surface area contributed by atoms with E-state index >= 15 is 0 Å². The second kappa shape index (κ2) is 7.17. The molecule has 0 bridgehead atoms. The van der Waals surface area contributed by atoms with E-state index in [-0.39, 0.29) is 30.4 Å². The van der Waals surface area contributed by atoms with Crippen LogP contribution in [0.4, 0.5) is 0 Å². The summed E-state index contributed by atoms with van der Waals surface area (Å²) in [4.78, 5) is 0.0952. The Kier molecular flexibility index (Phi) is 7.03. The van der Waals surface area contributed by atoms with E-state index < -0.39 is 10.0 Å². The SMILES string of the molecule is COc1ccc(Br)cc1S(=O)(=O)NCCN.Cl. The van der Waals surface area contributed by atoms with E-state index in [4.69, 9.17) is 10.5 Å². The molecule has 1 aromatic rings. The summed E-state index contributed by atoms with van der Waals surface area (Å²) in [6.07, 6.45) is 0. The van der Waals surface area contributed by atoms with Crippen molar-refractivity contribution in [3.63, 3.8) is 0 Å². The zero-order valence-electron chi connectivity index (χ0n) is 9.14. The predicted molar refractivity (Wildman–Crippen MR) is 72.2 cm³/mol. The molecular formula is C9H14BrClN2O3S. The Hall–Kier alpha value is -0.340. The summed E-state index contributed by atoms with van der Waals surface area (Å²) in [7, 11) is -2.15. The van der Waals surface area contributed by atoms with Crippen LogP contribution >= 0.6 is 28.3 Å². The molecule has 0 aliphatic heterocycles. The normalized spacial score (nSPS) is 10.8. The Morgan fingerprint density at radius 3 is 2.65 bits per heavy atom. The van der Waals surface area contributed by atoms with Gasteiger partial charge >= 0.3 is 0 Å². The highest BCUT2D eigenvalue weighted by molar-refractivity contribution is 9.10. The Morgan fingerprint density at radius 2 is 2.12 bits per heavy atom. The molecule has 98 valence electrons. The topological polar surface area (TPSA) is 81.4 Å². The first-order valence-corrected chi connectivity index (χ1v) is 6.82. The molecule has 0 aromatic heterocycles. The van der Waals surface area contributed by atoms with Crippen molar-refractivity contribution >= 4 is 38.4 Å². The molecule has 1 aromatic carbocycles. The van der Waals surface area contributed by atoms with Gasteiger partial charge in [0.25, 0.3) is 0 Å². The zero-order chi connectivity index (χ0) is 12.2. The largest absolute Gasteiger partial charge is 0.495 e. The van der Waals surface area contributed by atoms with Crippen LogP contribution in [0.3, 0.4) is 0 Å². The fraction of sp³-hybridized carbons (Fsp3) is 0.333. The molecule has 8 heteroatoms. The molecule has 0 atom stereocenters. The van der Waals surface area contributed by atoms with Gasteiger partial charge in [-0.25, -0.2) is 13.1 Å². The second-order valence-electron chi connectivity index (χ2n) is 2.98. The molecule has 0 spiro atoms. The fourth-order valence-corrected chi connectivity index (χ4v) is 2.88. The predicted octanol–water partition coefficient (Wildman–Crippen LogP) is 1.12. The maximum Gasteiger partial charge on any atom is 0.244 e. The molecule has 0 saturated heterocycles. The summed E-state index contributed by atoms with van der Waals surface area (Å²) >= 11 is 3.21. The first-order chi connectivity index (χ1) is 7.51. The second-order valence-corrected chi connectivity index (χ2v) is 5.63. The molecule has 17 heavy (non-hydrogen) atoms. The molecular weight excluding hydrogens is 332 g/mol. The maximum absolute atomic E-state index is 11.9. The van der Waals surface area contributed by atoms with Crippen molar-refractivity contribution in [1.29, 1.82) is 0 Å². The molecule has 1 rings (SSSR count). The molecule has 0 radical (unpaired) electrons. The van der Waals surface area contributed by atoms with Crippen molar-refractivity contribution < 1.29 is 13.2 Å². The number of methoxy groups -OCH3 is 1. The number of hydrogen-bond donors (Lipinski definition) is 2. The minimum absolute atomic E-state index is 0. The van der Waals surface area contributed by atoms with E-state index in [1.165, 1.54) is 13.2 Å². The van der Waals surface area contributed by atoms with E-state index in [1.54, 1.807) is 12.1 Å². The third-order valence-electron chi connectivity index (χ3n) is 1.85. The first-order valence-electron chi connectivity index (χ1n) is 4.54. The molecule has 5 nitrogen and oxygen atoms in total. The van der Waals surface area contributed by atoms with Gasteiger partial charge in [-0.15, -0.1) is 12.4 Å². The Bertz CT molecular complexity index is 467. The summed E-state index contributed by atoms with van der Waals surface area (Å²) in [5, 5.41) is 0. The average Bonchev–Trinajstić information content (AvgIpc) is 2.26. The van der Waals surface area contributed by atoms with Crippen LogP contribution in [-0.4, -0.2) is 28.6 Å². The molecule has 0 unspecified atom stereocenters. The van der Waals surface area contributed by atoms with Crippen LogP contribution < -0.4 is 15.2 Å². The van der Waals surface area contributed by atoms with Crippen molar-refractivity contribution in [3.05, 3.63) is 22.7 Å². The molecule has 0 heterocycles. The molecule has 0 aliphatic rings. The summed E-state index contributed by atoms with van der Waals surface area (Å²) in [5.41, 5.74) is 5.25. The quantitative estimate of drug-likeness (QED) is 0.838. The highest BCUT2D eigenvalue weighted by atomic mass is 79.9. The van der Waals surface area contributed by atoms with Crippen LogP contribution in [0, 0.1) is 0 Å². The van der Waals surface area contributed by atoms with Crippen molar-refractivity contribution in [2.75, 3.05) is 20.2 Å². The third kappa shape index (κ3) is 4.44. The number of hydrogen-bond acceptors (Lipinski definition) is 4.